The van der Waals surface area contributed by atoms with Gasteiger partial charge in [0.1, 0.15) is 15.4 Å². The number of nitrogens with zero attached hydrogens (tertiary/aromatic N) is 5. The Kier molecular flexibility index (Phi) is 4.53. The van der Waals surface area contributed by atoms with E-state index in [-0.39, 0.29) is 5.41 Å². The summed E-state index contributed by atoms with van der Waals surface area (Å²) in [5.74, 6) is 0.679. The van der Waals surface area contributed by atoms with Crippen LogP contribution in [0.15, 0.2) is 36.8 Å². The molecule has 6 rings (SSSR count). The van der Waals surface area contributed by atoms with E-state index in [2.05, 4.69) is 38.3 Å². The SMILES string of the molecule is c1ncc(C2CC2)cc1-c1nnc(C2(c3ccc(N4CCCCC4)cn3)COC2)s1. The number of hydrogen-bond donors (Lipinski definition) is 0. The number of piperidine rings is 1. The van der Waals surface area contributed by atoms with Crippen molar-refractivity contribution in [3.8, 4) is 10.6 Å². The number of rotatable bonds is 5. The number of ether oxygens (including phenoxy) is 1. The summed E-state index contributed by atoms with van der Waals surface area (Å²) >= 11 is 1.64. The Morgan fingerprint density at radius 2 is 1.87 bits per heavy atom. The first-order valence-electron chi connectivity index (χ1n) is 10.9. The zero-order valence-electron chi connectivity index (χ0n) is 17.0. The van der Waals surface area contributed by atoms with Crippen LogP contribution in [0, 0.1) is 0 Å². The highest BCUT2D eigenvalue weighted by molar-refractivity contribution is 7.14. The van der Waals surface area contributed by atoms with Crippen LogP contribution in [0.1, 0.15) is 54.3 Å². The Hall–Kier alpha value is -2.38. The van der Waals surface area contributed by atoms with Gasteiger partial charge in [0.15, 0.2) is 0 Å². The van der Waals surface area contributed by atoms with Gasteiger partial charge in [-0.05, 0) is 61.8 Å². The number of aromatic nitrogens is 4. The smallest absolute Gasteiger partial charge is 0.149 e. The molecule has 0 bridgehead atoms. The van der Waals surface area contributed by atoms with Crippen LogP contribution in [0.3, 0.4) is 0 Å². The monoisotopic (exact) mass is 419 g/mol. The minimum absolute atomic E-state index is 0.280. The normalized spacial score (nSPS) is 20.7. The van der Waals surface area contributed by atoms with Gasteiger partial charge < -0.3 is 9.64 Å². The summed E-state index contributed by atoms with van der Waals surface area (Å²) in [4.78, 5) is 11.7. The Balaban J connectivity index is 1.28. The maximum Gasteiger partial charge on any atom is 0.149 e. The standard InChI is InChI=1S/C23H25N5OS/c1-2-8-28(9-3-1)19-6-7-20(25-13-19)23(14-29-15-23)22-27-26-21(30-22)18-10-17(11-24-12-18)16-4-5-16/h6-7,10-13,16H,1-5,8-9,14-15H2. The zero-order chi connectivity index (χ0) is 20.0. The van der Waals surface area contributed by atoms with E-state index in [1.165, 1.54) is 43.4 Å². The maximum atomic E-state index is 5.64. The second-order valence-corrected chi connectivity index (χ2v) is 9.70. The van der Waals surface area contributed by atoms with E-state index in [4.69, 9.17) is 9.72 Å². The lowest BCUT2D eigenvalue weighted by Gasteiger charge is -2.39. The van der Waals surface area contributed by atoms with Crippen molar-refractivity contribution in [3.63, 3.8) is 0 Å². The fourth-order valence-corrected chi connectivity index (χ4v) is 5.44. The highest BCUT2D eigenvalue weighted by atomic mass is 32.1. The third-order valence-corrected chi connectivity index (χ3v) is 7.72. The van der Waals surface area contributed by atoms with Gasteiger partial charge in [-0.25, -0.2) is 0 Å². The molecule has 3 aliphatic rings. The second-order valence-electron chi connectivity index (χ2n) is 8.72. The molecule has 0 unspecified atom stereocenters. The van der Waals surface area contributed by atoms with Gasteiger partial charge in [0.2, 0.25) is 0 Å². The predicted octanol–water partition coefficient (Wildman–Crippen LogP) is 4.18. The van der Waals surface area contributed by atoms with Crippen LogP contribution < -0.4 is 4.90 Å². The first-order valence-corrected chi connectivity index (χ1v) is 11.7. The molecule has 30 heavy (non-hydrogen) atoms. The average molecular weight is 420 g/mol. The first-order chi connectivity index (χ1) is 14.8. The largest absolute Gasteiger partial charge is 0.378 e. The summed E-state index contributed by atoms with van der Waals surface area (Å²) in [5, 5.41) is 11.0. The lowest BCUT2D eigenvalue weighted by Crippen LogP contribution is -2.48. The molecule has 7 heteroatoms. The predicted molar refractivity (Wildman–Crippen MR) is 117 cm³/mol. The molecule has 0 aromatic carbocycles. The summed E-state index contributed by atoms with van der Waals surface area (Å²) in [7, 11) is 0. The molecular formula is C23H25N5OS. The van der Waals surface area contributed by atoms with Crippen LogP contribution in [-0.4, -0.2) is 46.5 Å². The van der Waals surface area contributed by atoms with E-state index in [1.54, 1.807) is 11.3 Å². The van der Waals surface area contributed by atoms with Gasteiger partial charge in [0, 0.05) is 31.0 Å². The van der Waals surface area contributed by atoms with E-state index >= 15 is 0 Å². The van der Waals surface area contributed by atoms with Crippen LogP contribution in [0.2, 0.25) is 0 Å². The molecule has 3 aromatic heterocycles. The lowest BCUT2D eigenvalue weighted by molar-refractivity contribution is -0.0403. The van der Waals surface area contributed by atoms with Crippen molar-refractivity contribution in [3.05, 3.63) is 53.1 Å². The molecular weight excluding hydrogens is 394 g/mol. The fraction of sp³-hybridized carbons (Fsp3) is 0.478. The highest BCUT2D eigenvalue weighted by Crippen LogP contribution is 2.43. The van der Waals surface area contributed by atoms with Gasteiger partial charge >= 0.3 is 0 Å². The third kappa shape index (κ3) is 3.20. The van der Waals surface area contributed by atoms with E-state index in [0.29, 0.717) is 19.1 Å². The van der Waals surface area contributed by atoms with Crippen molar-refractivity contribution in [1.82, 2.24) is 20.2 Å². The average Bonchev–Trinajstić information content (AvgIpc) is 3.52. The molecule has 1 saturated carbocycles. The minimum atomic E-state index is -0.280. The van der Waals surface area contributed by atoms with Crippen LogP contribution in [0.4, 0.5) is 5.69 Å². The van der Waals surface area contributed by atoms with Crippen LogP contribution in [-0.2, 0) is 10.2 Å². The van der Waals surface area contributed by atoms with Gasteiger partial charge in [-0.3, -0.25) is 9.97 Å². The minimum Gasteiger partial charge on any atom is -0.378 e. The molecule has 1 aliphatic carbocycles. The van der Waals surface area contributed by atoms with Crippen molar-refractivity contribution in [2.45, 2.75) is 43.4 Å². The van der Waals surface area contributed by atoms with Gasteiger partial charge in [-0.15, -0.1) is 10.2 Å². The van der Waals surface area contributed by atoms with Crippen molar-refractivity contribution in [2.24, 2.45) is 0 Å². The van der Waals surface area contributed by atoms with Crippen molar-refractivity contribution in [1.29, 1.82) is 0 Å². The summed E-state index contributed by atoms with van der Waals surface area (Å²) < 4.78 is 5.64. The summed E-state index contributed by atoms with van der Waals surface area (Å²) in [6.45, 7) is 3.47. The van der Waals surface area contributed by atoms with Crippen LogP contribution >= 0.6 is 11.3 Å². The quantitative estimate of drug-likeness (QED) is 0.618. The molecule has 0 radical (unpaired) electrons. The molecule has 0 atom stereocenters. The summed E-state index contributed by atoms with van der Waals surface area (Å²) in [5.41, 5.74) is 4.35. The fourth-order valence-electron chi connectivity index (χ4n) is 4.44. The Morgan fingerprint density at radius 3 is 2.57 bits per heavy atom. The summed E-state index contributed by atoms with van der Waals surface area (Å²) in [6.07, 6.45) is 12.3. The van der Waals surface area contributed by atoms with Crippen molar-refractivity contribution in [2.75, 3.05) is 31.2 Å². The molecule has 3 fully saturated rings. The van der Waals surface area contributed by atoms with E-state index in [1.807, 2.05) is 18.6 Å². The van der Waals surface area contributed by atoms with E-state index in [0.717, 1.165) is 34.4 Å². The molecule has 0 N–H and O–H groups in total. The summed E-state index contributed by atoms with van der Waals surface area (Å²) in [6, 6.07) is 6.59. The van der Waals surface area contributed by atoms with E-state index < -0.39 is 0 Å². The molecule has 3 aromatic rings. The maximum absolute atomic E-state index is 5.64. The number of pyridine rings is 2. The van der Waals surface area contributed by atoms with Gasteiger partial charge in [-0.2, -0.15) is 0 Å². The third-order valence-electron chi connectivity index (χ3n) is 6.55. The van der Waals surface area contributed by atoms with E-state index in [9.17, 15) is 0 Å². The van der Waals surface area contributed by atoms with Gasteiger partial charge in [-0.1, -0.05) is 11.3 Å². The zero-order valence-corrected chi connectivity index (χ0v) is 17.8. The molecule has 0 spiro atoms. The second kappa shape index (κ2) is 7.39. The van der Waals surface area contributed by atoms with Crippen molar-refractivity contribution >= 4 is 17.0 Å². The van der Waals surface area contributed by atoms with Gasteiger partial charge in [0.25, 0.3) is 0 Å². The number of anilines is 1. The number of hydrogen-bond acceptors (Lipinski definition) is 7. The molecule has 5 heterocycles. The van der Waals surface area contributed by atoms with Crippen molar-refractivity contribution < 1.29 is 4.74 Å². The Labute approximate surface area is 180 Å². The Bertz CT molecular complexity index is 1040. The molecule has 0 amide bonds. The van der Waals surface area contributed by atoms with Crippen LogP contribution in [0.5, 0.6) is 0 Å². The molecule has 2 saturated heterocycles. The molecule has 154 valence electrons. The van der Waals surface area contributed by atoms with Gasteiger partial charge in [0.05, 0.1) is 30.8 Å². The highest BCUT2D eigenvalue weighted by Gasteiger charge is 2.46. The Morgan fingerprint density at radius 1 is 1.00 bits per heavy atom. The first kappa shape index (κ1) is 18.4. The topological polar surface area (TPSA) is 64.0 Å². The van der Waals surface area contributed by atoms with Crippen LogP contribution in [0.25, 0.3) is 10.6 Å². The molecule has 6 nitrogen and oxygen atoms in total. The molecule has 2 aliphatic heterocycles. The lowest BCUT2D eigenvalue weighted by atomic mass is 9.82.